The van der Waals surface area contributed by atoms with E-state index in [-0.39, 0.29) is 11.9 Å². The average Bonchev–Trinajstić information content (AvgIpc) is 3.29. The van der Waals surface area contributed by atoms with Crippen LogP contribution in [-0.2, 0) is 11.3 Å². The second-order valence-corrected chi connectivity index (χ2v) is 6.92. The van der Waals surface area contributed by atoms with Crippen molar-refractivity contribution in [3.63, 3.8) is 0 Å². The summed E-state index contributed by atoms with van der Waals surface area (Å²) in [4.78, 5) is 17.9. The maximum atomic E-state index is 12.7. The van der Waals surface area contributed by atoms with Crippen molar-refractivity contribution in [2.75, 3.05) is 18.4 Å². The quantitative estimate of drug-likeness (QED) is 0.726. The van der Waals surface area contributed by atoms with Crippen molar-refractivity contribution in [1.29, 1.82) is 0 Å². The van der Waals surface area contributed by atoms with Crippen molar-refractivity contribution in [2.24, 2.45) is 0 Å². The molecule has 3 aromatic rings. The molecule has 0 bridgehead atoms. The van der Waals surface area contributed by atoms with E-state index in [4.69, 9.17) is 11.6 Å². The molecule has 26 heavy (non-hydrogen) atoms. The van der Waals surface area contributed by atoms with Crippen LogP contribution in [0.1, 0.15) is 18.7 Å². The predicted octanol–water partition coefficient (Wildman–Crippen LogP) is 1.32. The third kappa shape index (κ3) is 3.23. The Morgan fingerprint density at radius 2 is 2.31 bits per heavy atom. The largest absolute Gasteiger partial charge is 0.341 e. The summed E-state index contributed by atoms with van der Waals surface area (Å²) >= 11 is 6.12. The third-order valence-electron chi connectivity index (χ3n) is 4.88. The number of rotatable bonds is 4. The zero-order chi connectivity index (χ0) is 18.1. The number of aromatic nitrogens is 4. The van der Waals surface area contributed by atoms with Gasteiger partial charge in [-0.15, -0.1) is 0 Å². The van der Waals surface area contributed by atoms with E-state index in [1.54, 1.807) is 23.1 Å². The lowest BCUT2D eigenvalue weighted by Gasteiger charge is -2.31. The van der Waals surface area contributed by atoms with Crippen molar-refractivity contribution in [2.45, 2.75) is 19.5 Å². The molecule has 7 nitrogen and oxygen atoms in total. The fourth-order valence-corrected chi connectivity index (χ4v) is 3.67. The number of quaternary nitrogens is 1. The second kappa shape index (κ2) is 6.93. The van der Waals surface area contributed by atoms with Crippen molar-refractivity contribution >= 4 is 23.2 Å². The molecule has 0 radical (unpaired) electrons. The van der Waals surface area contributed by atoms with Gasteiger partial charge in [-0.1, -0.05) is 11.6 Å². The lowest BCUT2D eigenvalue weighted by Crippen LogP contribution is -3.14. The zero-order valence-corrected chi connectivity index (χ0v) is 15.1. The number of nitrogens with one attached hydrogen (secondary N) is 2. The smallest absolute Gasteiger partial charge is 0.279 e. The summed E-state index contributed by atoms with van der Waals surface area (Å²) in [5, 5.41) is 7.68. The van der Waals surface area contributed by atoms with E-state index in [2.05, 4.69) is 45.2 Å². The number of nitrogens with zero attached hydrogens (tertiary/aromatic N) is 4. The molecule has 0 spiro atoms. The highest BCUT2D eigenvalue weighted by Gasteiger charge is 2.28. The van der Waals surface area contributed by atoms with Gasteiger partial charge in [0.2, 0.25) is 0 Å². The molecule has 3 heterocycles. The molecular formula is C18H20ClN6O+. The van der Waals surface area contributed by atoms with Crippen LogP contribution < -0.4 is 10.2 Å². The minimum Gasteiger partial charge on any atom is -0.341 e. The number of hydrogen-bond acceptors (Lipinski definition) is 3. The molecule has 4 rings (SSSR count). The average molecular weight is 372 g/mol. The van der Waals surface area contributed by atoms with Crippen LogP contribution in [0.5, 0.6) is 0 Å². The van der Waals surface area contributed by atoms with Gasteiger partial charge in [0.25, 0.3) is 5.91 Å². The molecular weight excluding hydrogens is 352 g/mol. The van der Waals surface area contributed by atoms with Gasteiger partial charge in [0, 0.05) is 11.2 Å². The van der Waals surface area contributed by atoms with Gasteiger partial charge in [0.05, 0.1) is 30.2 Å². The van der Waals surface area contributed by atoms with E-state index < -0.39 is 0 Å². The Morgan fingerprint density at radius 1 is 1.42 bits per heavy atom. The van der Waals surface area contributed by atoms with Crippen LogP contribution in [0.25, 0.3) is 5.69 Å². The highest BCUT2D eigenvalue weighted by molar-refractivity contribution is 6.31. The summed E-state index contributed by atoms with van der Waals surface area (Å²) in [6, 6.07) is 9.78. The first-order valence-electron chi connectivity index (χ1n) is 8.56. The van der Waals surface area contributed by atoms with Crippen LogP contribution in [-0.4, -0.2) is 38.3 Å². The van der Waals surface area contributed by atoms with Crippen molar-refractivity contribution in [3.05, 3.63) is 59.9 Å². The molecule has 0 saturated carbocycles. The minimum atomic E-state index is -0.0458. The topological polar surface area (TPSA) is 69.2 Å². The molecule has 134 valence electrons. The Kier molecular flexibility index (Phi) is 4.48. The van der Waals surface area contributed by atoms with Gasteiger partial charge in [0.15, 0.2) is 6.54 Å². The summed E-state index contributed by atoms with van der Waals surface area (Å²) < 4.78 is 3.86. The Morgan fingerprint density at radius 3 is 3.12 bits per heavy atom. The van der Waals surface area contributed by atoms with Crippen molar-refractivity contribution < 1.29 is 9.69 Å². The van der Waals surface area contributed by atoms with Crippen LogP contribution >= 0.6 is 11.6 Å². The SMILES string of the molecule is C[C@@H]1c2cccn2CC[NH+]1CC(=O)Nc1cc(Cl)ccc1-n1cncn1. The number of benzene rings is 1. The number of fused-ring (bicyclic) bond motifs is 1. The molecule has 1 amide bonds. The standard InChI is InChI=1S/C18H19ClN6O/c1-13-16-3-2-6-23(16)7-8-24(13)10-18(26)22-15-9-14(19)4-5-17(15)25-12-20-11-21-25/h2-6,9,11-13H,7-8,10H2,1H3,(H,22,26)/p+1/t13-/m1/s1. The van der Waals surface area contributed by atoms with E-state index in [9.17, 15) is 4.79 Å². The molecule has 1 aliphatic rings. The Bertz CT molecular complexity index is 920. The van der Waals surface area contributed by atoms with Crippen LogP contribution in [0.15, 0.2) is 49.2 Å². The first-order chi connectivity index (χ1) is 12.6. The van der Waals surface area contributed by atoms with Gasteiger partial charge in [0.1, 0.15) is 18.7 Å². The Hall–Kier alpha value is -2.64. The molecule has 1 unspecified atom stereocenters. The van der Waals surface area contributed by atoms with Crippen LogP contribution in [0.4, 0.5) is 5.69 Å². The molecule has 2 aromatic heterocycles. The van der Waals surface area contributed by atoms with Crippen molar-refractivity contribution in [1.82, 2.24) is 19.3 Å². The summed E-state index contributed by atoms with van der Waals surface area (Å²) in [5.74, 6) is -0.0458. The van der Waals surface area contributed by atoms with Gasteiger partial charge in [-0.25, -0.2) is 9.67 Å². The van der Waals surface area contributed by atoms with Crippen LogP contribution in [0.3, 0.4) is 0 Å². The lowest BCUT2D eigenvalue weighted by atomic mass is 10.1. The monoisotopic (exact) mass is 371 g/mol. The van der Waals surface area contributed by atoms with Crippen LogP contribution in [0, 0.1) is 0 Å². The third-order valence-corrected chi connectivity index (χ3v) is 5.12. The molecule has 0 saturated heterocycles. The summed E-state index contributed by atoms with van der Waals surface area (Å²) in [6.45, 7) is 4.40. The van der Waals surface area contributed by atoms with Crippen molar-refractivity contribution in [3.8, 4) is 5.69 Å². The maximum Gasteiger partial charge on any atom is 0.279 e. The highest BCUT2D eigenvalue weighted by Crippen LogP contribution is 2.23. The molecule has 0 aliphatic carbocycles. The minimum absolute atomic E-state index is 0.0458. The van der Waals surface area contributed by atoms with E-state index in [0.717, 1.165) is 18.8 Å². The number of carbonyl (C=O) groups is 1. The molecule has 1 aromatic carbocycles. The van der Waals surface area contributed by atoms with E-state index in [1.807, 2.05) is 6.07 Å². The van der Waals surface area contributed by atoms with E-state index in [1.165, 1.54) is 16.9 Å². The Balaban J connectivity index is 1.50. The molecule has 1 aliphatic heterocycles. The number of carbonyl (C=O) groups excluding carboxylic acids is 1. The number of anilines is 1. The van der Waals surface area contributed by atoms with Gasteiger partial charge in [-0.05, 0) is 37.3 Å². The second-order valence-electron chi connectivity index (χ2n) is 6.48. The van der Waals surface area contributed by atoms with Gasteiger partial charge in [-0.3, -0.25) is 4.79 Å². The fraction of sp³-hybridized carbons (Fsp3) is 0.278. The summed E-state index contributed by atoms with van der Waals surface area (Å²) in [6.07, 6.45) is 5.14. The first kappa shape index (κ1) is 16.8. The number of halogens is 1. The summed E-state index contributed by atoms with van der Waals surface area (Å²) in [7, 11) is 0. The predicted molar refractivity (Wildman–Crippen MR) is 98.5 cm³/mol. The maximum absolute atomic E-state index is 12.7. The molecule has 2 N–H and O–H groups in total. The van der Waals surface area contributed by atoms with Gasteiger partial charge < -0.3 is 14.8 Å². The highest BCUT2D eigenvalue weighted by atomic mass is 35.5. The first-order valence-corrected chi connectivity index (χ1v) is 8.93. The van der Waals surface area contributed by atoms with Gasteiger partial charge >= 0.3 is 0 Å². The zero-order valence-electron chi connectivity index (χ0n) is 14.4. The van der Waals surface area contributed by atoms with E-state index in [0.29, 0.717) is 17.3 Å². The normalized spacial score (nSPS) is 19.2. The van der Waals surface area contributed by atoms with Gasteiger partial charge in [-0.2, -0.15) is 5.10 Å². The molecule has 0 fully saturated rings. The molecule has 8 heteroatoms. The Labute approximate surface area is 156 Å². The molecule has 2 atom stereocenters. The van der Waals surface area contributed by atoms with Crippen LogP contribution in [0.2, 0.25) is 5.02 Å². The van der Waals surface area contributed by atoms with E-state index >= 15 is 0 Å². The lowest BCUT2D eigenvalue weighted by molar-refractivity contribution is -0.926. The fourth-order valence-electron chi connectivity index (χ4n) is 3.50. The number of hydrogen-bond donors (Lipinski definition) is 2. The number of amides is 1. The summed E-state index contributed by atoms with van der Waals surface area (Å²) in [5.41, 5.74) is 2.63.